The molecule has 0 aliphatic carbocycles. The second-order valence-electron chi connectivity index (χ2n) is 2.76. The molecular formula is C7H10N4O2. The van der Waals surface area contributed by atoms with Crippen LogP contribution in [-0.2, 0) is 4.74 Å². The van der Waals surface area contributed by atoms with Crippen LogP contribution in [0.2, 0.25) is 0 Å². The van der Waals surface area contributed by atoms with Gasteiger partial charge in [-0.1, -0.05) is 0 Å². The van der Waals surface area contributed by atoms with Gasteiger partial charge in [0.05, 0.1) is 6.54 Å². The Kier molecular flexibility index (Phi) is 1.90. The van der Waals surface area contributed by atoms with E-state index >= 15 is 0 Å². The summed E-state index contributed by atoms with van der Waals surface area (Å²) in [4.78, 5) is 19.4. The molecule has 2 heterocycles. The van der Waals surface area contributed by atoms with Crippen LogP contribution in [0.4, 0.5) is 10.7 Å². The molecule has 1 aromatic rings. The summed E-state index contributed by atoms with van der Waals surface area (Å²) in [7, 11) is 0. The molecule has 13 heavy (non-hydrogen) atoms. The summed E-state index contributed by atoms with van der Waals surface area (Å²) < 4.78 is 4.95. The van der Waals surface area contributed by atoms with Gasteiger partial charge in [-0.25, -0.2) is 14.7 Å². The minimum absolute atomic E-state index is 0.224. The van der Waals surface area contributed by atoms with E-state index < -0.39 is 6.09 Å². The first-order valence-electron chi connectivity index (χ1n) is 3.99. The number of aromatic amines is 1. The molecule has 1 atom stereocenters. The minimum atomic E-state index is -0.398. The SMILES string of the molecule is NCC1CN(c2ncc[nH]2)C(=O)O1. The highest BCUT2D eigenvalue weighted by Gasteiger charge is 2.32. The van der Waals surface area contributed by atoms with Crippen LogP contribution in [0.1, 0.15) is 0 Å². The van der Waals surface area contributed by atoms with E-state index in [2.05, 4.69) is 9.97 Å². The highest BCUT2D eigenvalue weighted by molar-refractivity contribution is 5.87. The molecule has 3 N–H and O–H groups in total. The number of hydrogen-bond donors (Lipinski definition) is 2. The summed E-state index contributed by atoms with van der Waals surface area (Å²) in [6, 6.07) is 0. The van der Waals surface area contributed by atoms with Crippen LogP contribution in [0.15, 0.2) is 12.4 Å². The maximum Gasteiger partial charge on any atom is 0.417 e. The molecule has 6 heteroatoms. The minimum Gasteiger partial charge on any atom is -0.443 e. The van der Waals surface area contributed by atoms with Crippen LogP contribution in [0.25, 0.3) is 0 Å². The first-order valence-corrected chi connectivity index (χ1v) is 3.99. The normalized spacial score (nSPS) is 22.1. The summed E-state index contributed by atoms with van der Waals surface area (Å²) >= 11 is 0. The maximum atomic E-state index is 11.2. The van der Waals surface area contributed by atoms with Crippen LogP contribution in [-0.4, -0.2) is 35.3 Å². The van der Waals surface area contributed by atoms with E-state index in [1.807, 2.05) is 0 Å². The monoisotopic (exact) mass is 182 g/mol. The molecule has 1 fully saturated rings. The Labute approximate surface area is 74.7 Å². The van der Waals surface area contributed by atoms with Crippen LogP contribution in [0, 0.1) is 0 Å². The molecule has 2 rings (SSSR count). The number of nitrogens with two attached hydrogens (primary N) is 1. The van der Waals surface area contributed by atoms with Crippen molar-refractivity contribution in [3.05, 3.63) is 12.4 Å². The van der Waals surface area contributed by atoms with Crippen molar-refractivity contribution in [2.75, 3.05) is 18.0 Å². The Morgan fingerprint density at radius 1 is 1.85 bits per heavy atom. The van der Waals surface area contributed by atoms with Crippen molar-refractivity contribution in [3.63, 3.8) is 0 Å². The number of amides is 1. The van der Waals surface area contributed by atoms with Gasteiger partial charge in [0.1, 0.15) is 6.10 Å². The third kappa shape index (κ3) is 1.35. The number of carbonyl (C=O) groups is 1. The molecule has 1 unspecified atom stereocenters. The standard InChI is InChI=1S/C7H10N4O2/c8-3-5-4-11(7(12)13-5)6-9-1-2-10-6/h1-2,5H,3-4,8H2,(H,9,10). The lowest BCUT2D eigenvalue weighted by atomic mass is 10.3. The second-order valence-corrected chi connectivity index (χ2v) is 2.76. The van der Waals surface area contributed by atoms with Gasteiger partial charge in [-0.05, 0) is 0 Å². The average molecular weight is 182 g/mol. The number of nitrogens with zero attached hydrogens (tertiary/aromatic N) is 2. The summed E-state index contributed by atoms with van der Waals surface area (Å²) in [6.07, 6.45) is 2.61. The molecule has 0 aromatic carbocycles. The van der Waals surface area contributed by atoms with Gasteiger partial charge in [0.25, 0.3) is 0 Å². The molecule has 0 radical (unpaired) electrons. The van der Waals surface area contributed by atoms with E-state index in [9.17, 15) is 4.79 Å². The van der Waals surface area contributed by atoms with Crippen molar-refractivity contribution < 1.29 is 9.53 Å². The Morgan fingerprint density at radius 2 is 2.69 bits per heavy atom. The molecule has 70 valence electrons. The number of hydrogen-bond acceptors (Lipinski definition) is 4. The van der Waals surface area contributed by atoms with Gasteiger partial charge >= 0.3 is 6.09 Å². The van der Waals surface area contributed by atoms with Gasteiger partial charge in [0.2, 0.25) is 5.95 Å². The molecule has 0 saturated carbocycles. The fraction of sp³-hybridized carbons (Fsp3) is 0.429. The molecule has 1 aliphatic rings. The molecular weight excluding hydrogens is 172 g/mol. The number of cyclic esters (lactones) is 1. The number of aromatic nitrogens is 2. The van der Waals surface area contributed by atoms with Crippen LogP contribution in [0.3, 0.4) is 0 Å². The van der Waals surface area contributed by atoms with Crippen LogP contribution < -0.4 is 10.6 Å². The first-order chi connectivity index (χ1) is 6.31. The van der Waals surface area contributed by atoms with Crippen molar-refractivity contribution in [3.8, 4) is 0 Å². The predicted octanol–water partition coefficient (Wildman–Crippen LogP) is -0.306. The first kappa shape index (κ1) is 8.06. The molecule has 0 bridgehead atoms. The lowest BCUT2D eigenvalue weighted by Crippen LogP contribution is -2.28. The van der Waals surface area contributed by atoms with Gasteiger partial charge in [-0.15, -0.1) is 0 Å². The predicted molar refractivity (Wildman–Crippen MR) is 45.3 cm³/mol. The largest absolute Gasteiger partial charge is 0.443 e. The van der Waals surface area contributed by atoms with E-state index in [-0.39, 0.29) is 6.10 Å². The van der Waals surface area contributed by atoms with Crippen molar-refractivity contribution in [1.29, 1.82) is 0 Å². The number of rotatable bonds is 2. The molecule has 6 nitrogen and oxygen atoms in total. The summed E-state index contributed by atoms with van der Waals surface area (Å²) in [5, 5.41) is 0. The number of carbonyl (C=O) groups excluding carboxylic acids is 1. The highest BCUT2D eigenvalue weighted by atomic mass is 16.6. The zero-order valence-corrected chi connectivity index (χ0v) is 6.93. The van der Waals surface area contributed by atoms with Gasteiger partial charge in [0, 0.05) is 18.9 Å². The Morgan fingerprint density at radius 3 is 3.23 bits per heavy atom. The smallest absolute Gasteiger partial charge is 0.417 e. The van der Waals surface area contributed by atoms with E-state index in [4.69, 9.17) is 10.5 Å². The van der Waals surface area contributed by atoms with Crippen molar-refractivity contribution in [2.45, 2.75) is 6.10 Å². The second kappa shape index (κ2) is 3.06. The number of imidazole rings is 1. The lowest BCUT2D eigenvalue weighted by molar-refractivity contribution is 0.145. The average Bonchev–Trinajstić information content (AvgIpc) is 2.72. The van der Waals surface area contributed by atoms with E-state index in [0.717, 1.165) is 0 Å². The van der Waals surface area contributed by atoms with Crippen LogP contribution >= 0.6 is 0 Å². The van der Waals surface area contributed by atoms with Crippen molar-refractivity contribution in [2.24, 2.45) is 5.73 Å². The zero-order chi connectivity index (χ0) is 9.26. The summed E-state index contributed by atoms with van der Waals surface area (Å²) in [6.45, 7) is 0.797. The van der Waals surface area contributed by atoms with E-state index in [0.29, 0.717) is 19.0 Å². The Balaban J connectivity index is 2.14. The Bertz CT molecular complexity index is 297. The third-order valence-corrected chi connectivity index (χ3v) is 1.88. The molecule has 0 spiro atoms. The van der Waals surface area contributed by atoms with Crippen molar-refractivity contribution in [1.82, 2.24) is 9.97 Å². The summed E-state index contributed by atoms with van der Waals surface area (Å²) in [5.74, 6) is 0.501. The fourth-order valence-corrected chi connectivity index (χ4v) is 1.22. The third-order valence-electron chi connectivity index (χ3n) is 1.88. The quantitative estimate of drug-likeness (QED) is 0.657. The molecule has 1 aliphatic heterocycles. The molecule has 1 saturated heterocycles. The lowest BCUT2D eigenvalue weighted by Gasteiger charge is -2.07. The van der Waals surface area contributed by atoms with Gasteiger partial charge < -0.3 is 15.5 Å². The fourth-order valence-electron chi connectivity index (χ4n) is 1.22. The van der Waals surface area contributed by atoms with E-state index in [1.165, 1.54) is 4.90 Å². The molecule has 1 amide bonds. The highest BCUT2D eigenvalue weighted by Crippen LogP contribution is 2.16. The zero-order valence-electron chi connectivity index (χ0n) is 6.93. The van der Waals surface area contributed by atoms with Gasteiger partial charge in [-0.3, -0.25) is 0 Å². The van der Waals surface area contributed by atoms with Crippen LogP contribution in [0.5, 0.6) is 0 Å². The van der Waals surface area contributed by atoms with Gasteiger partial charge in [0.15, 0.2) is 0 Å². The van der Waals surface area contributed by atoms with E-state index in [1.54, 1.807) is 12.4 Å². The van der Waals surface area contributed by atoms with Crippen molar-refractivity contribution >= 4 is 12.0 Å². The maximum absolute atomic E-state index is 11.2. The summed E-state index contributed by atoms with van der Waals surface area (Å²) in [5.41, 5.74) is 5.38. The van der Waals surface area contributed by atoms with Gasteiger partial charge in [-0.2, -0.15) is 0 Å². The number of anilines is 1. The number of H-pyrrole nitrogens is 1. The Hall–Kier alpha value is -1.56. The number of nitrogens with one attached hydrogen (secondary N) is 1. The number of ether oxygens (including phenoxy) is 1. The molecule has 1 aromatic heterocycles. The topological polar surface area (TPSA) is 84.2 Å².